The van der Waals surface area contributed by atoms with Gasteiger partial charge in [-0.05, 0) is 49.1 Å². The van der Waals surface area contributed by atoms with Gasteiger partial charge in [-0.15, -0.1) is 0 Å². The summed E-state index contributed by atoms with van der Waals surface area (Å²) in [7, 11) is 5.69. The van der Waals surface area contributed by atoms with Crippen LogP contribution in [0.1, 0.15) is 5.56 Å². The average molecular weight is 236 g/mol. The fourth-order valence-electron chi connectivity index (χ4n) is 1.61. The number of rotatable bonds is 0. The highest BCUT2D eigenvalue weighted by atomic mass is 33.5. The molecule has 0 aromatic heterocycles. The molecule has 0 aliphatic carbocycles. The maximum absolute atomic E-state index is 2.32. The van der Waals surface area contributed by atoms with E-state index in [-0.39, 0.29) is 0 Å². The largest absolute Gasteiger partial charge is 0.0774 e. The Morgan fingerprint density at radius 2 is 1.79 bits per heavy atom. The smallest absolute Gasteiger partial charge is 0.0308 e. The molecule has 0 N–H and O–H groups in total. The summed E-state index contributed by atoms with van der Waals surface area (Å²) in [4.78, 5) is 1.44. The van der Waals surface area contributed by atoms with Gasteiger partial charge in [-0.1, -0.05) is 35.1 Å². The normalized spacial score (nSPS) is 15.4. The summed E-state index contributed by atoms with van der Waals surface area (Å²) >= 11 is 0. The van der Waals surface area contributed by atoms with Crippen molar-refractivity contribution in [3.8, 4) is 0 Å². The summed E-state index contributed by atoms with van der Waals surface area (Å²) in [5.74, 6) is 1.14. The summed E-state index contributed by atoms with van der Waals surface area (Å²) in [6.07, 6.45) is 0. The van der Waals surface area contributed by atoms with Crippen LogP contribution in [-0.2, 0) is 5.75 Å². The molecule has 0 spiro atoms. The fraction of sp³-hybridized carbons (Fsp3) is 0.0909. The molecule has 1 aliphatic rings. The minimum atomic E-state index is 1.14. The molecule has 0 amide bonds. The molecule has 3 heteroatoms. The van der Waals surface area contributed by atoms with Crippen molar-refractivity contribution in [2.24, 2.45) is 0 Å². The molecule has 0 radical (unpaired) electrons. The van der Waals surface area contributed by atoms with Crippen LogP contribution >= 0.6 is 31.4 Å². The second-order valence-corrected chi connectivity index (χ2v) is 7.33. The molecule has 0 saturated heterocycles. The lowest BCUT2D eigenvalue weighted by Gasteiger charge is -2.14. The van der Waals surface area contributed by atoms with Crippen LogP contribution in [0.3, 0.4) is 0 Å². The third-order valence-corrected chi connectivity index (χ3v) is 6.33. The Morgan fingerprint density at radius 3 is 2.64 bits per heavy atom. The van der Waals surface area contributed by atoms with Crippen LogP contribution in [0.25, 0.3) is 10.8 Å². The quantitative estimate of drug-likeness (QED) is 0.606. The molecule has 70 valence electrons. The molecule has 14 heavy (non-hydrogen) atoms. The zero-order chi connectivity index (χ0) is 9.38. The van der Waals surface area contributed by atoms with E-state index in [2.05, 4.69) is 36.4 Å². The van der Waals surface area contributed by atoms with Crippen molar-refractivity contribution in [2.45, 2.75) is 10.6 Å². The van der Waals surface area contributed by atoms with E-state index in [0.29, 0.717) is 0 Å². The summed E-state index contributed by atoms with van der Waals surface area (Å²) < 4.78 is 0. The van der Waals surface area contributed by atoms with Crippen molar-refractivity contribution in [1.82, 2.24) is 0 Å². The zero-order valence-electron chi connectivity index (χ0n) is 7.40. The van der Waals surface area contributed by atoms with Gasteiger partial charge >= 0.3 is 0 Å². The lowest BCUT2D eigenvalue weighted by molar-refractivity contribution is 1.30. The Bertz CT molecular complexity index is 434. The highest BCUT2D eigenvalue weighted by molar-refractivity contribution is 9.09. The van der Waals surface area contributed by atoms with Gasteiger partial charge in [-0.2, -0.15) is 0 Å². The minimum absolute atomic E-state index is 1.14. The van der Waals surface area contributed by atoms with Gasteiger partial charge in [0.2, 0.25) is 0 Å². The van der Waals surface area contributed by atoms with Gasteiger partial charge in [-0.3, -0.25) is 0 Å². The topological polar surface area (TPSA) is 0 Å². The van der Waals surface area contributed by atoms with Crippen molar-refractivity contribution in [3.63, 3.8) is 0 Å². The number of benzene rings is 2. The summed E-state index contributed by atoms with van der Waals surface area (Å²) in [6, 6.07) is 13.2. The van der Waals surface area contributed by atoms with E-state index in [1.54, 1.807) is 0 Å². The van der Waals surface area contributed by atoms with Crippen molar-refractivity contribution in [2.75, 3.05) is 0 Å². The van der Waals surface area contributed by atoms with Crippen LogP contribution in [0.4, 0.5) is 0 Å². The zero-order valence-corrected chi connectivity index (χ0v) is 9.85. The molecular weight excluding hydrogens is 228 g/mol. The van der Waals surface area contributed by atoms with Crippen LogP contribution in [0, 0.1) is 0 Å². The van der Waals surface area contributed by atoms with E-state index in [9.17, 15) is 0 Å². The maximum Gasteiger partial charge on any atom is 0.0308 e. The Hall–Kier alpha value is -0.250. The molecular formula is C11H8S3. The Balaban J connectivity index is 2.27. The van der Waals surface area contributed by atoms with Gasteiger partial charge in [0.1, 0.15) is 0 Å². The van der Waals surface area contributed by atoms with E-state index in [0.717, 1.165) is 5.75 Å². The molecule has 2 aromatic carbocycles. The number of hydrogen-bond acceptors (Lipinski definition) is 3. The molecule has 2 aromatic rings. The molecule has 1 heterocycles. The number of hydrogen-bond donors (Lipinski definition) is 0. The lowest BCUT2D eigenvalue weighted by atomic mass is 10.1. The minimum Gasteiger partial charge on any atom is -0.0774 e. The van der Waals surface area contributed by atoms with Gasteiger partial charge in [0.15, 0.2) is 0 Å². The molecule has 0 unspecified atom stereocenters. The molecule has 0 bridgehead atoms. The summed E-state index contributed by atoms with van der Waals surface area (Å²) in [5.41, 5.74) is 1.48. The first kappa shape index (κ1) is 9.01. The van der Waals surface area contributed by atoms with Crippen molar-refractivity contribution in [1.29, 1.82) is 0 Å². The fourth-order valence-corrected chi connectivity index (χ4v) is 5.53. The molecule has 3 rings (SSSR count). The molecule has 0 fully saturated rings. The standard InChI is InChI=1S/C11H8S3/c1-2-4-9-6-11-10(5-8(9)3-1)7-12-14-13-11/h1-6H,7H2. The molecule has 0 nitrogen and oxygen atoms in total. The predicted molar refractivity (Wildman–Crippen MR) is 68.7 cm³/mol. The van der Waals surface area contributed by atoms with E-state index < -0.39 is 0 Å². The second-order valence-electron chi connectivity index (χ2n) is 3.22. The first-order valence-electron chi connectivity index (χ1n) is 4.41. The van der Waals surface area contributed by atoms with Crippen LogP contribution < -0.4 is 0 Å². The van der Waals surface area contributed by atoms with Crippen LogP contribution in [0.15, 0.2) is 41.3 Å². The second kappa shape index (κ2) is 3.72. The predicted octanol–water partition coefficient (Wildman–Crippen LogP) is 4.74. The van der Waals surface area contributed by atoms with Crippen LogP contribution in [0.5, 0.6) is 0 Å². The van der Waals surface area contributed by atoms with Crippen molar-refractivity contribution in [3.05, 3.63) is 42.0 Å². The van der Waals surface area contributed by atoms with E-state index in [1.807, 2.05) is 31.4 Å². The average Bonchev–Trinajstić information content (AvgIpc) is 2.26. The van der Waals surface area contributed by atoms with Crippen LogP contribution in [0.2, 0.25) is 0 Å². The van der Waals surface area contributed by atoms with E-state index in [4.69, 9.17) is 0 Å². The van der Waals surface area contributed by atoms with E-state index in [1.165, 1.54) is 21.2 Å². The van der Waals surface area contributed by atoms with E-state index >= 15 is 0 Å². The third kappa shape index (κ3) is 1.53. The first-order valence-corrected chi connectivity index (χ1v) is 8.06. The Labute approximate surface area is 94.6 Å². The van der Waals surface area contributed by atoms with Crippen molar-refractivity contribution < 1.29 is 0 Å². The SMILES string of the molecule is c1ccc2cc3c(cc2c1)CSSS3. The molecule has 1 aliphatic heterocycles. The first-order chi connectivity index (χ1) is 6.93. The Kier molecular flexibility index (Phi) is 2.39. The Morgan fingerprint density at radius 1 is 1.00 bits per heavy atom. The lowest BCUT2D eigenvalue weighted by Crippen LogP contribution is -1.87. The van der Waals surface area contributed by atoms with Gasteiger partial charge < -0.3 is 0 Å². The maximum atomic E-state index is 2.32. The highest BCUT2D eigenvalue weighted by Crippen LogP contribution is 2.49. The number of fused-ring (bicyclic) bond motifs is 2. The van der Waals surface area contributed by atoms with Gasteiger partial charge in [-0.25, -0.2) is 0 Å². The molecule has 0 saturated carbocycles. The van der Waals surface area contributed by atoms with Crippen molar-refractivity contribution >= 4 is 42.2 Å². The monoisotopic (exact) mass is 236 g/mol. The third-order valence-electron chi connectivity index (χ3n) is 2.32. The summed E-state index contributed by atoms with van der Waals surface area (Å²) in [6.45, 7) is 0. The van der Waals surface area contributed by atoms with Gasteiger partial charge in [0.25, 0.3) is 0 Å². The van der Waals surface area contributed by atoms with Gasteiger partial charge in [0.05, 0.1) is 0 Å². The van der Waals surface area contributed by atoms with Gasteiger partial charge in [0, 0.05) is 10.6 Å². The van der Waals surface area contributed by atoms with Crippen LogP contribution in [-0.4, -0.2) is 0 Å². The summed E-state index contributed by atoms with van der Waals surface area (Å²) in [5, 5.41) is 2.71. The highest BCUT2D eigenvalue weighted by Gasteiger charge is 2.11. The molecule has 0 atom stereocenters.